The molecule has 0 spiro atoms. The first-order chi connectivity index (χ1) is 31.8. The summed E-state index contributed by atoms with van der Waals surface area (Å²) in [6.07, 6.45) is 1.89. The molecule has 0 saturated carbocycles. The van der Waals surface area contributed by atoms with E-state index in [0.717, 1.165) is 78.0 Å². The molecule has 0 saturated heterocycles. The number of phenols is 1. The van der Waals surface area contributed by atoms with Crippen molar-refractivity contribution in [2.75, 3.05) is 0 Å². The minimum atomic E-state index is -0.340. The molecule has 0 radical (unpaired) electrons. The van der Waals surface area contributed by atoms with E-state index in [2.05, 4.69) is 233 Å². The second-order valence-corrected chi connectivity index (χ2v) is 21.5. The Morgan fingerprint density at radius 1 is 0.515 bits per heavy atom. The van der Waals surface area contributed by atoms with Crippen molar-refractivity contribution in [1.29, 1.82) is 0 Å². The standard InChI is InChI=1S/C63H62N3O.Pt/c1-39-30-40(2)57(41(3)31-39)45-26-27-55(51(35-45)43-22-17-14-18-23-43)66-56-25-19-24-50(58(56)65-60(66)52-37-49(62(7,8)9)38-53(59(52)67)63(10,11)12)46-32-47(34-48(33-46)61(4,5)6)54-36-44(28-29-64-54)42-20-15-13-16-21-42;/h13-31,33-38,67H,1-12H3;/q-1;. The van der Waals surface area contributed by atoms with Gasteiger partial charge < -0.3 is 5.11 Å². The van der Waals surface area contributed by atoms with Crippen molar-refractivity contribution >= 4 is 11.0 Å². The number of nitrogens with zero attached hydrogens (tertiary/aromatic N) is 3. The topological polar surface area (TPSA) is 50.9 Å². The third-order valence-corrected chi connectivity index (χ3v) is 13.2. The molecule has 0 amide bonds. The monoisotopic (exact) mass is 1070 g/mol. The number of aryl methyl sites for hydroxylation is 3. The summed E-state index contributed by atoms with van der Waals surface area (Å²) in [6, 6.07) is 55.9. The molecule has 0 aliphatic rings. The molecule has 5 heteroatoms. The largest absolute Gasteiger partial charge is 0.507 e. The van der Waals surface area contributed by atoms with E-state index in [9.17, 15) is 5.11 Å². The normalized spacial score (nSPS) is 12.1. The van der Waals surface area contributed by atoms with Crippen LogP contribution in [0.2, 0.25) is 0 Å². The molecule has 4 nitrogen and oxygen atoms in total. The van der Waals surface area contributed by atoms with Gasteiger partial charge in [0.2, 0.25) is 0 Å². The quantitative estimate of drug-likeness (QED) is 0.162. The summed E-state index contributed by atoms with van der Waals surface area (Å²) in [5.41, 5.74) is 20.1. The van der Waals surface area contributed by atoms with Crippen molar-refractivity contribution in [2.45, 2.75) is 99.3 Å². The number of benzene rings is 7. The van der Waals surface area contributed by atoms with Crippen LogP contribution in [0.15, 0.2) is 152 Å². The molecule has 346 valence electrons. The van der Waals surface area contributed by atoms with Gasteiger partial charge in [-0.25, -0.2) is 4.98 Å². The van der Waals surface area contributed by atoms with Crippen LogP contribution in [0.25, 0.3) is 83.9 Å². The maximum Gasteiger partial charge on any atom is 0.148 e. The molecule has 2 heterocycles. The van der Waals surface area contributed by atoms with Crippen LogP contribution in [-0.4, -0.2) is 19.6 Å². The van der Waals surface area contributed by atoms with Crippen molar-refractivity contribution in [3.05, 3.63) is 191 Å². The van der Waals surface area contributed by atoms with Gasteiger partial charge in [-0.15, -0.1) is 29.3 Å². The van der Waals surface area contributed by atoms with Crippen LogP contribution in [0.3, 0.4) is 0 Å². The molecule has 7 aromatic carbocycles. The zero-order valence-corrected chi connectivity index (χ0v) is 43.8. The van der Waals surface area contributed by atoms with E-state index in [1.54, 1.807) is 0 Å². The average Bonchev–Trinajstić information content (AvgIpc) is 3.67. The fourth-order valence-electron chi connectivity index (χ4n) is 9.60. The Morgan fingerprint density at radius 2 is 1.13 bits per heavy atom. The number of phenolic OH excluding ortho intramolecular Hbond substituents is 1. The van der Waals surface area contributed by atoms with Gasteiger partial charge in [-0.2, -0.15) is 0 Å². The van der Waals surface area contributed by atoms with Crippen molar-refractivity contribution in [3.8, 4) is 78.6 Å². The number of aromatic nitrogens is 3. The summed E-state index contributed by atoms with van der Waals surface area (Å²) in [5.74, 6) is 0.920. The average molecular weight is 1070 g/mol. The Balaban J connectivity index is 0.00000625. The van der Waals surface area contributed by atoms with E-state index in [1.165, 1.54) is 27.8 Å². The first-order valence-corrected chi connectivity index (χ1v) is 23.5. The summed E-state index contributed by atoms with van der Waals surface area (Å²) in [6.45, 7) is 26.5. The van der Waals surface area contributed by atoms with E-state index in [1.807, 2.05) is 12.3 Å². The second-order valence-electron chi connectivity index (χ2n) is 21.5. The molecule has 68 heavy (non-hydrogen) atoms. The summed E-state index contributed by atoms with van der Waals surface area (Å²) in [7, 11) is 0. The molecule has 9 aromatic rings. The molecule has 0 atom stereocenters. The summed E-state index contributed by atoms with van der Waals surface area (Å²) < 4.78 is 2.28. The van der Waals surface area contributed by atoms with E-state index >= 15 is 0 Å². The number of hydrogen-bond donors (Lipinski definition) is 1. The third kappa shape index (κ3) is 9.29. The van der Waals surface area contributed by atoms with Gasteiger partial charge in [0.25, 0.3) is 0 Å². The zero-order chi connectivity index (χ0) is 47.6. The predicted molar refractivity (Wildman–Crippen MR) is 282 cm³/mol. The molecular weight excluding hydrogens is 1010 g/mol. The first-order valence-electron chi connectivity index (χ1n) is 23.5. The fourth-order valence-corrected chi connectivity index (χ4v) is 9.60. The Morgan fingerprint density at radius 3 is 1.76 bits per heavy atom. The van der Waals surface area contributed by atoms with Crippen LogP contribution in [0.1, 0.15) is 95.7 Å². The van der Waals surface area contributed by atoms with E-state index in [-0.39, 0.29) is 43.1 Å². The Bertz CT molecular complexity index is 3300. The molecule has 0 fully saturated rings. The van der Waals surface area contributed by atoms with Crippen molar-refractivity contribution in [2.24, 2.45) is 0 Å². The number of imidazole rings is 1. The van der Waals surface area contributed by atoms with E-state index in [0.29, 0.717) is 11.4 Å². The smallest absolute Gasteiger partial charge is 0.148 e. The van der Waals surface area contributed by atoms with Crippen LogP contribution in [0, 0.1) is 26.8 Å². The molecule has 0 unspecified atom stereocenters. The van der Waals surface area contributed by atoms with Gasteiger partial charge in [0.15, 0.2) is 0 Å². The van der Waals surface area contributed by atoms with Gasteiger partial charge in [0.1, 0.15) is 11.6 Å². The maximum absolute atomic E-state index is 12.6. The molecular formula is C63H62N3OPt-. The van der Waals surface area contributed by atoms with Crippen molar-refractivity contribution < 1.29 is 26.2 Å². The van der Waals surface area contributed by atoms with Crippen LogP contribution in [0.5, 0.6) is 5.75 Å². The van der Waals surface area contributed by atoms with Gasteiger partial charge >= 0.3 is 0 Å². The van der Waals surface area contributed by atoms with Gasteiger partial charge in [-0.3, -0.25) is 9.55 Å². The maximum atomic E-state index is 12.6. The molecule has 1 N–H and O–H groups in total. The molecule has 0 aliphatic carbocycles. The van der Waals surface area contributed by atoms with Crippen LogP contribution in [-0.2, 0) is 37.3 Å². The van der Waals surface area contributed by atoms with Crippen LogP contribution < -0.4 is 0 Å². The SMILES string of the molecule is Cc1cc(C)c(-c2ccc(-n3c(-c4cc(C(C)(C)C)cc(C(C)(C)C)c4O)nc4c(-c5[c-]c(-c6cc(-c7ccccc7)ccn6)cc(C(C)(C)C)c5)cccc43)c(-c3ccccc3)c2)c(C)c1.[Pt]. The van der Waals surface area contributed by atoms with Gasteiger partial charge in [-0.1, -0.05) is 182 Å². The number of rotatable bonds is 7. The van der Waals surface area contributed by atoms with Crippen molar-refractivity contribution in [3.63, 3.8) is 0 Å². The first kappa shape index (κ1) is 48.1. The number of aromatic hydroxyl groups is 1. The van der Waals surface area contributed by atoms with E-state index in [4.69, 9.17) is 9.97 Å². The van der Waals surface area contributed by atoms with Gasteiger partial charge in [-0.05, 0) is 112 Å². The van der Waals surface area contributed by atoms with Gasteiger partial charge in [0.05, 0.1) is 22.3 Å². The predicted octanol–water partition coefficient (Wildman–Crippen LogP) is 16.7. The summed E-state index contributed by atoms with van der Waals surface area (Å²) >= 11 is 0. The Hall–Kier alpha value is -6.35. The zero-order valence-electron chi connectivity index (χ0n) is 41.5. The van der Waals surface area contributed by atoms with Gasteiger partial charge in [0, 0.05) is 44.1 Å². The molecule has 2 aromatic heterocycles. The molecule has 0 aliphatic heterocycles. The minimum absolute atomic E-state index is 0. The molecule has 0 bridgehead atoms. The van der Waals surface area contributed by atoms with Crippen LogP contribution >= 0.6 is 0 Å². The number of hydrogen-bond acceptors (Lipinski definition) is 3. The third-order valence-electron chi connectivity index (χ3n) is 13.2. The van der Waals surface area contributed by atoms with Crippen LogP contribution in [0.4, 0.5) is 0 Å². The Labute approximate surface area is 418 Å². The molecule has 9 rings (SSSR count). The minimum Gasteiger partial charge on any atom is -0.507 e. The summed E-state index contributed by atoms with van der Waals surface area (Å²) in [5, 5.41) is 12.6. The fraction of sp³-hybridized carbons (Fsp3) is 0.238. The van der Waals surface area contributed by atoms with E-state index < -0.39 is 0 Å². The van der Waals surface area contributed by atoms with Crippen molar-refractivity contribution in [1.82, 2.24) is 14.5 Å². The number of fused-ring (bicyclic) bond motifs is 1. The summed E-state index contributed by atoms with van der Waals surface area (Å²) in [4.78, 5) is 10.6. The number of para-hydroxylation sites is 1. The second kappa shape index (κ2) is 18.3. The number of pyridine rings is 1. The Kier molecular flexibility index (Phi) is 12.9.